The van der Waals surface area contributed by atoms with Gasteiger partial charge in [-0.25, -0.2) is 0 Å². The first-order valence-electron chi connectivity index (χ1n) is 10.8. The minimum atomic E-state index is -0.649. The van der Waals surface area contributed by atoms with Gasteiger partial charge < -0.3 is 10.6 Å². The molecule has 2 aromatic carbocycles. The van der Waals surface area contributed by atoms with Crippen molar-refractivity contribution in [3.63, 3.8) is 0 Å². The van der Waals surface area contributed by atoms with Crippen LogP contribution in [0.3, 0.4) is 0 Å². The zero-order valence-corrected chi connectivity index (χ0v) is 19.0. The summed E-state index contributed by atoms with van der Waals surface area (Å²) in [5.41, 5.74) is 1.24. The van der Waals surface area contributed by atoms with E-state index in [2.05, 4.69) is 10.6 Å². The minimum Gasteiger partial charge on any atom is -0.345 e. The average Bonchev–Trinajstić information content (AvgIpc) is 2.75. The molecule has 6 heteroatoms. The number of anilines is 1. The lowest BCUT2D eigenvalue weighted by molar-refractivity contribution is -0.126. The summed E-state index contributed by atoms with van der Waals surface area (Å²) in [7, 11) is 0. The second-order valence-electron chi connectivity index (χ2n) is 8.44. The monoisotopic (exact) mass is 438 g/mol. The van der Waals surface area contributed by atoms with Crippen LogP contribution in [0.25, 0.3) is 0 Å². The van der Waals surface area contributed by atoms with Crippen molar-refractivity contribution >= 4 is 34.4 Å². The molecule has 1 aliphatic rings. The molecule has 1 fully saturated rings. The van der Waals surface area contributed by atoms with Gasteiger partial charge in [0.15, 0.2) is 0 Å². The Labute approximate surface area is 188 Å². The smallest absolute Gasteiger partial charge is 0.230 e. The first-order chi connectivity index (χ1) is 14.9. The first-order valence-corrected chi connectivity index (χ1v) is 11.6. The molecule has 0 aliphatic heterocycles. The van der Waals surface area contributed by atoms with E-state index in [1.165, 1.54) is 13.3 Å². The molecule has 2 aromatic rings. The van der Waals surface area contributed by atoms with Crippen molar-refractivity contribution < 1.29 is 14.4 Å². The predicted molar refractivity (Wildman–Crippen MR) is 125 cm³/mol. The summed E-state index contributed by atoms with van der Waals surface area (Å²) < 4.78 is 0. The van der Waals surface area contributed by atoms with Gasteiger partial charge in [0.05, 0.1) is 5.69 Å². The average molecular weight is 439 g/mol. The van der Waals surface area contributed by atoms with Crippen LogP contribution < -0.4 is 10.6 Å². The summed E-state index contributed by atoms with van der Waals surface area (Å²) in [4.78, 5) is 38.5. The fourth-order valence-electron chi connectivity index (χ4n) is 3.96. The molecular weight excluding hydrogens is 408 g/mol. The molecule has 164 valence electrons. The molecule has 0 bridgehead atoms. The highest BCUT2D eigenvalue weighted by Gasteiger charge is 2.35. The van der Waals surface area contributed by atoms with Crippen LogP contribution in [0.5, 0.6) is 0 Å². The zero-order chi connectivity index (χ0) is 22.3. The maximum Gasteiger partial charge on any atom is 0.230 e. The summed E-state index contributed by atoms with van der Waals surface area (Å²) in [5, 5.41) is 5.66. The Balaban J connectivity index is 1.73. The van der Waals surface area contributed by atoms with Crippen LogP contribution in [0, 0.1) is 5.41 Å². The van der Waals surface area contributed by atoms with Crippen molar-refractivity contribution in [2.45, 2.75) is 63.3 Å². The van der Waals surface area contributed by atoms with E-state index in [4.69, 9.17) is 0 Å². The largest absolute Gasteiger partial charge is 0.345 e. The van der Waals surface area contributed by atoms with Crippen molar-refractivity contribution in [2.24, 2.45) is 5.41 Å². The summed E-state index contributed by atoms with van der Waals surface area (Å²) in [6.45, 7) is 3.43. The third-order valence-corrected chi connectivity index (χ3v) is 6.86. The molecule has 31 heavy (non-hydrogen) atoms. The van der Waals surface area contributed by atoms with Crippen molar-refractivity contribution in [3.05, 3.63) is 60.2 Å². The van der Waals surface area contributed by atoms with Crippen LogP contribution >= 0.6 is 11.8 Å². The molecular formula is C25H30N2O3S. The predicted octanol–water partition coefficient (Wildman–Crippen LogP) is 4.96. The van der Waals surface area contributed by atoms with Crippen LogP contribution in [0.1, 0.15) is 51.5 Å². The van der Waals surface area contributed by atoms with E-state index < -0.39 is 6.04 Å². The van der Waals surface area contributed by atoms with Gasteiger partial charge in [-0.15, -0.1) is 0 Å². The highest BCUT2D eigenvalue weighted by Crippen LogP contribution is 2.38. The van der Waals surface area contributed by atoms with Crippen molar-refractivity contribution in [1.82, 2.24) is 5.32 Å². The quantitative estimate of drug-likeness (QED) is 0.599. The number of thioether (sulfide) groups is 1. The van der Waals surface area contributed by atoms with Gasteiger partial charge in [0, 0.05) is 23.7 Å². The van der Waals surface area contributed by atoms with Crippen LogP contribution in [-0.4, -0.2) is 23.0 Å². The first kappa shape index (κ1) is 23.1. The molecule has 2 amide bonds. The fourth-order valence-corrected chi connectivity index (χ4v) is 4.84. The summed E-state index contributed by atoms with van der Waals surface area (Å²) in [6, 6.07) is 16.3. The highest BCUT2D eigenvalue weighted by atomic mass is 32.2. The molecule has 5 nitrogen and oxygen atoms in total. The number of benzene rings is 2. The van der Waals surface area contributed by atoms with Gasteiger partial charge in [-0.3, -0.25) is 14.4 Å². The van der Waals surface area contributed by atoms with E-state index >= 15 is 0 Å². The van der Waals surface area contributed by atoms with Gasteiger partial charge in [-0.05, 0) is 42.3 Å². The standard InChI is InChI=1S/C25H30N2O3S/c1-18(28)26-21(17-19-11-5-3-6-12-19)23(29)31-22-14-8-7-13-20(22)27-24(30)25(2)15-9-4-10-16-25/h3,5-8,11-14,21H,4,9-10,15-17H2,1-2H3,(H,26,28)(H,27,30). The van der Waals surface area contributed by atoms with E-state index in [1.54, 1.807) is 0 Å². The number of hydrogen-bond acceptors (Lipinski definition) is 4. The second kappa shape index (κ2) is 10.6. The van der Waals surface area contributed by atoms with E-state index in [0.29, 0.717) is 17.0 Å². The lowest BCUT2D eigenvalue weighted by Gasteiger charge is -2.32. The fraction of sp³-hybridized carbons (Fsp3) is 0.400. The Hall–Kier alpha value is -2.60. The van der Waals surface area contributed by atoms with Crippen LogP contribution in [0.15, 0.2) is 59.5 Å². The normalized spacial score (nSPS) is 16.2. The van der Waals surface area contributed by atoms with Gasteiger partial charge in [0.1, 0.15) is 6.04 Å². The summed E-state index contributed by atoms with van der Waals surface area (Å²) >= 11 is 1.06. The summed E-state index contributed by atoms with van der Waals surface area (Å²) in [5.74, 6) is -0.239. The topological polar surface area (TPSA) is 75.3 Å². The Morgan fingerprint density at radius 2 is 1.61 bits per heavy atom. The maximum absolute atomic E-state index is 13.1. The zero-order valence-electron chi connectivity index (χ0n) is 18.1. The molecule has 3 rings (SSSR count). The SMILES string of the molecule is CC(=O)NC(Cc1ccccc1)C(=O)Sc1ccccc1NC(=O)C1(C)CCCCC1. The number of hydrogen-bond donors (Lipinski definition) is 2. The van der Waals surface area contributed by atoms with Crippen LogP contribution in [-0.2, 0) is 20.8 Å². The molecule has 0 aromatic heterocycles. The maximum atomic E-state index is 13.1. The number of nitrogens with one attached hydrogen (secondary N) is 2. The Morgan fingerprint density at radius 3 is 2.29 bits per heavy atom. The van der Waals surface area contributed by atoms with Gasteiger partial charge in [-0.2, -0.15) is 0 Å². The molecule has 0 spiro atoms. The van der Waals surface area contributed by atoms with Crippen molar-refractivity contribution in [1.29, 1.82) is 0 Å². The molecule has 1 saturated carbocycles. The number of carbonyl (C=O) groups excluding carboxylic acids is 3. The van der Waals surface area contributed by atoms with Crippen molar-refractivity contribution in [3.8, 4) is 0 Å². The lowest BCUT2D eigenvalue weighted by atomic mass is 9.75. The van der Waals surface area contributed by atoms with E-state index in [0.717, 1.165) is 43.0 Å². The molecule has 0 heterocycles. The molecule has 1 aliphatic carbocycles. The Kier molecular flexibility index (Phi) is 7.91. The minimum absolute atomic E-state index is 0.00963. The molecule has 2 N–H and O–H groups in total. The third kappa shape index (κ3) is 6.44. The van der Waals surface area contributed by atoms with E-state index in [9.17, 15) is 14.4 Å². The van der Waals surface area contributed by atoms with E-state index in [1.807, 2.05) is 61.5 Å². The Bertz CT molecular complexity index is 923. The number of amides is 2. The lowest BCUT2D eigenvalue weighted by Crippen LogP contribution is -2.40. The molecule has 0 saturated heterocycles. The van der Waals surface area contributed by atoms with Crippen LogP contribution in [0.4, 0.5) is 5.69 Å². The molecule has 0 radical (unpaired) electrons. The molecule has 1 atom stereocenters. The van der Waals surface area contributed by atoms with Gasteiger partial charge in [-0.1, -0.05) is 68.7 Å². The van der Waals surface area contributed by atoms with Gasteiger partial charge in [0.25, 0.3) is 0 Å². The van der Waals surface area contributed by atoms with Crippen molar-refractivity contribution in [2.75, 3.05) is 5.32 Å². The van der Waals surface area contributed by atoms with Crippen LogP contribution in [0.2, 0.25) is 0 Å². The number of para-hydroxylation sites is 1. The third-order valence-electron chi connectivity index (χ3n) is 5.80. The second-order valence-corrected chi connectivity index (χ2v) is 9.48. The highest BCUT2D eigenvalue weighted by molar-refractivity contribution is 8.14. The molecule has 1 unspecified atom stereocenters. The Morgan fingerprint density at radius 1 is 0.968 bits per heavy atom. The number of rotatable bonds is 7. The summed E-state index contributed by atoms with van der Waals surface area (Å²) in [6.07, 6.45) is 5.49. The van der Waals surface area contributed by atoms with E-state index in [-0.39, 0.29) is 22.3 Å². The number of carbonyl (C=O) groups is 3. The van der Waals surface area contributed by atoms with Gasteiger partial charge in [0.2, 0.25) is 16.9 Å². The van der Waals surface area contributed by atoms with Gasteiger partial charge >= 0.3 is 0 Å².